The molecular formula is C25H26N2O3. The summed E-state index contributed by atoms with van der Waals surface area (Å²) in [5, 5.41) is 0. The second-order valence-corrected chi connectivity index (χ2v) is 7.45. The van der Waals surface area contributed by atoms with Crippen molar-refractivity contribution in [3.63, 3.8) is 0 Å². The van der Waals surface area contributed by atoms with E-state index in [-0.39, 0.29) is 11.9 Å². The van der Waals surface area contributed by atoms with Crippen LogP contribution in [-0.4, -0.2) is 36.8 Å². The van der Waals surface area contributed by atoms with Crippen molar-refractivity contribution in [3.05, 3.63) is 77.4 Å². The molecule has 0 aliphatic carbocycles. The lowest BCUT2D eigenvalue weighted by atomic mass is 9.94. The van der Waals surface area contributed by atoms with E-state index < -0.39 is 0 Å². The predicted molar refractivity (Wildman–Crippen MR) is 119 cm³/mol. The van der Waals surface area contributed by atoms with Crippen LogP contribution in [0.5, 0.6) is 11.5 Å². The Kier molecular flexibility index (Phi) is 5.70. The van der Waals surface area contributed by atoms with Crippen LogP contribution in [0, 0.1) is 0 Å². The molecule has 1 atom stereocenters. The predicted octanol–water partition coefficient (Wildman–Crippen LogP) is 4.88. The van der Waals surface area contributed by atoms with Crippen LogP contribution in [0.1, 0.15) is 34.8 Å². The maximum atomic E-state index is 13.4. The Morgan fingerprint density at radius 3 is 2.80 bits per heavy atom. The molecule has 2 heterocycles. The lowest BCUT2D eigenvalue weighted by molar-refractivity contribution is 0.0703. The van der Waals surface area contributed by atoms with Gasteiger partial charge in [-0.2, -0.15) is 0 Å². The molecule has 2 aromatic carbocycles. The number of aliphatic imine (C=N–C) groups is 1. The molecule has 0 spiro atoms. The number of allylic oxidation sites excluding steroid dienone is 1. The summed E-state index contributed by atoms with van der Waals surface area (Å²) in [6, 6.07) is 11.7. The minimum atomic E-state index is -0.0602. The highest BCUT2D eigenvalue weighted by Crippen LogP contribution is 2.38. The average molecular weight is 402 g/mol. The van der Waals surface area contributed by atoms with E-state index >= 15 is 0 Å². The zero-order chi connectivity index (χ0) is 21.1. The number of nitrogens with zero attached hydrogens (tertiary/aromatic N) is 2. The van der Waals surface area contributed by atoms with Gasteiger partial charge in [0.25, 0.3) is 5.91 Å². The van der Waals surface area contributed by atoms with E-state index in [0.717, 1.165) is 18.4 Å². The van der Waals surface area contributed by atoms with Gasteiger partial charge in [0.15, 0.2) is 11.5 Å². The van der Waals surface area contributed by atoms with Gasteiger partial charge in [-0.25, -0.2) is 0 Å². The molecule has 30 heavy (non-hydrogen) atoms. The van der Waals surface area contributed by atoms with Crippen LogP contribution >= 0.6 is 0 Å². The minimum absolute atomic E-state index is 0.0375. The molecule has 2 aliphatic heterocycles. The second kappa shape index (κ2) is 8.57. The molecule has 0 radical (unpaired) electrons. The normalized spacial score (nSPS) is 17.5. The van der Waals surface area contributed by atoms with Crippen molar-refractivity contribution in [1.29, 1.82) is 0 Å². The Bertz CT molecular complexity index is 1040. The fourth-order valence-electron chi connectivity index (χ4n) is 3.95. The van der Waals surface area contributed by atoms with Crippen molar-refractivity contribution in [2.75, 3.05) is 13.7 Å². The number of amides is 1. The Labute approximate surface area is 177 Å². The van der Waals surface area contributed by atoms with E-state index in [2.05, 4.69) is 36.7 Å². The van der Waals surface area contributed by atoms with Crippen LogP contribution in [0.2, 0.25) is 0 Å². The number of rotatable bonds is 6. The van der Waals surface area contributed by atoms with Crippen LogP contribution in [-0.2, 0) is 13.0 Å². The van der Waals surface area contributed by atoms with Crippen molar-refractivity contribution in [3.8, 4) is 11.5 Å². The number of ether oxygens (including phenoxy) is 2. The van der Waals surface area contributed by atoms with E-state index in [0.29, 0.717) is 35.9 Å². The van der Waals surface area contributed by atoms with Gasteiger partial charge in [-0.15, -0.1) is 0 Å². The first kappa shape index (κ1) is 20.0. The summed E-state index contributed by atoms with van der Waals surface area (Å²) in [5.41, 5.74) is 4.60. The first-order chi connectivity index (χ1) is 14.6. The molecule has 0 bridgehead atoms. The first-order valence-electron chi connectivity index (χ1n) is 10.2. The number of hydrogen-bond acceptors (Lipinski definition) is 4. The van der Waals surface area contributed by atoms with Gasteiger partial charge in [0, 0.05) is 18.8 Å². The molecule has 1 amide bonds. The number of carbonyl (C=O) groups is 1. The van der Waals surface area contributed by atoms with Crippen LogP contribution in [0.3, 0.4) is 0 Å². The second-order valence-electron chi connectivity index (χ2n) is 7.45. The molecule has 2 aromatic rings. The molecule has 154 valence electrons. The van der Waals surface area contributed by atoms with Crippen molar-refractivity contribution in [2.24, 2.45) is 4.99 Å². The van der Waals surface area contributed by atoms with Gasteiger partial charge in [-0.05, 0) is 35.6 Å². The molecule has 0 fully saturated rings. The van der Waals surface area contributed by atoms with Gasteiger partial charge < -0.3 is 14.4 Å². The standard InChI is InChI=1S/C25H26N2O3/c1-4-8-17(5-2)16-30-24-13-22-21(12-23(24)29-3)25(28)27-15-19-10-7-6-9-18(19)11-20(27)14-26-22/h5-10,12-14,20H,2,4,11,15-16H2,1,3H3/b17-8+. The SMILES string of the molecule is C=C/C(=C\CC)COc1cc2c(cc1OC)C(=O)N1Cc3ccccc3CC1C=N2. The third kappa shape index (κ3) is 3.75. The topological polar surface area (TPSA) is 51.1 Å². The highest BCUT2D eigenvalue weighted by atomic mass is 16.5. The van der Waals surface area contributed by atoms with Crippen LogP contribution < -0.4 is 9.47 Å². The Morgan fingerprint density at radius 1 is 1.27 bits per heavy atom. The van der Waals surface area contributed by atoms with Crippen LogP contribution in [0.4, 0.5) is 5.69 Å². The number of fused-ring (bicyclic) bond motifs is 3. The van der Waals surface area contributed by atoms with Crippen LogP contribution in [0.25, 0.3) is 0 Å². The molecule has 1 unspecified atom stereocenters. The smallest absolute Gasteiger partial charge is 0.257 e. The van der Waals surface area contributed by atoms with Gasteiger partial charge in [0.2, 0.25) is 0 Å². The third-order valence-corrected chi connectivity index (χ3v) is 5.57. The zero-order valence-electron chi connectivity index (χ0n) is 17.4. The fourth-order valence-corrected chi connectivity index (χ4v) is 3.95. The number of carbonyl (C=O) groups excluding carboxylic acids is 1. The summed E-state index contributed by atoms with van der Waals surface area (Å²) in [6.45, 7) is 6.86. The molecule has 5 nitrogen and oxygen atoms in total. The average Bonchev–Trinajstić information content (AvgIpc) is 2.91. The van der Waals surface area contributed by atoms with E-state index in [4.69, 9.17) is 9.47 Å². The van der Waals surface area contributed by atoms with Crippen molar-refractivity contribution < 1.29 is 14.3 Å². The fraction of sp³-hybridized carbons (Fsp3) is 0.280. The van der Waals surface area contributed by atoms with Gasteiger partial charge in [0.05, 0.1) is 24.4 Å². The molecule has 0 aromatic heterocycles. The van der Waals surface area contributed by atoms with Crippen molar-refractivity contribution in [1.82, 2.24) is 4.90 Å². The van der Waals surface area contributed by atoms with E-state index in [1.165, 1.54) is 11.1 Å². The van der Waals surface area contributed by atoms with E-state index in [9.17, 15) is 4.79 Å². The molecule has 4 rings (SSSR count). The Balaban J connectivity index is 1.66. The summed E-state index contributed by atoms with van der Waals surface area (Å²) >= 11 is 0. The quantitative estimate of drug-likeness (QED) is 0.647. The van der Waals surface area contributed by atoms with Crippen molar-refractivity contribution in [2.45, 2.75) is 32.4 Å². The summed E-state index contributed by atoms with van der Waals surface area (Å²) in [5.74, 6) is 1.05. The molecule has 2 aliphatic rings. The molecule has 0 N–H and O–H groups in total. The third-order valence-electron chi connectivity index (χ3n) is 5.57. The molecule has 5 heteroatoms. The summed E-state index contributed by atoms with van der Waals surface area (Å²) in [6.07, 6.45) is 7.41. The monoisotopic (exact) mass is 402 g/mol. The van der Waals surface area contributed by atoms with Gasteiger partial charge >= 0.3 is 0 Å². The zero-order valence-corrected chi connectivity index (χ0v) is 17.4. The lowest BCUT2D eigenvalue weighted by Gasteiger charge is -2.34. The summed E-state index contributed by atoms with van der Waals surface area (Å²) in [4.78, 5) is 19.9. The maximum Gasteiger partial charge on any atom is 0.257 e. The molecule has 0 saturated carbocycles. The largest absolute Gasteiger partial charge is 0.493 e. The number of benzene rings is 2. The van der Waals surface area contributed by atoms with E-state index in [1.807, 2.05) is 23.2 Å². The molecule has 0 saturated heterocycles. The Morgan fingerprint density at radius 2 is 2.07 bits per heavy atom. The lowest BCUT2D eigenvalue weighted by Crippen LogP contribution is -2.44. The number of hydrogen-bond donors (Lipinski definition) is 0. The minimum Gasteiger partial charge on any atom is -0.493 e. The van der Waals surface area contributed by atoms with Gasteiger partial charge in [0.1, 0.15) is 6.61 Å². The first-order valence-corrected chi connectivity index (χ1v) is 10.2. The van der Waals surface area contributed by atoms with E-state index in [1.54, 1.807) is 25.3 Å². The highest BCUT2D eigenvalue weighted by molar-refractivity contribution is 6.03. The summed E-state index contributed by atoms with van der Waals surface area (Å²) in [7, 11) is 1.58. The van der Waals surface area contributed by atoms with Gasteiger partial charge in [-0.3, -0.25) is 9.79 Å². The van der Waals surface area contributed by atoms with Crippen molar-refractivity contribution >= 4 is 17.8 Å². The van der Waals surface area contributed by atoms with Crippen LogP contribution in [0.15, 0.2) is 65.7 Å². The van der Waals surface area contributed by atoms with Gasteiger partial charge in [-0.1, -0.05) is 49.9 Å². The maximum absolute atomic E-state index is 13.4. The molecular weight excluding hydrogens is 376 g/mol. The highest BCUT2D eigenvalue weighted by Gasteiger charge is 2.33. The number of methoxy groups -OCH3 is 1. The summed E-state index contributed by atoms with van der Waals surface area (Å²) < 4.78 is 11.5. The Hall–Kier alpha value is -3.34.